The van der Waals surface area contributed by atoms with E-state index in [1.165, 1.54) is 24.3 Å². The summed E-state index contributed by atoms with van der Waals surface area (Å²) >= 11 is 6.62. The SMILES string of the molecule is C=CC(=O)N1CCN2C(=O)c3c(OCCN(C)C)nc(-c4c(O)cccc4F)c(Cl)c3OC[C@H]2C1. The first-order valence-corrected chi connectivity index (χ1v) is 11.4. The summed E-state index contributed by atoms with van der Waals surface area (Å²) in [5, 5.41) is 10.2. The van der Waals surface area contributed by atoms with Gasteiger partial charge in [0.05, 0.1) is 11.6 Å². The first kappa shape index (κ1) is 24.7. The van der Waals surface area contributed by atoms with E-state index in [-0.39, 0.29) is 71.4 Å². The van der Waals surface area contributed by atoms with Crippen LogP contribution in [0.5, 0.6) is 17.4 Å². The lowest BCUT2D eigenvalue weighted by atomic mass is 10.1. The van der Waals surface area contributed by atoms with Gasteiger partial charge in [0.25, 0.3) is 5.91 Å². The van der Waals surface area contributed by atoms with Gasteiger partial charge < -0.3 is 29.3 Å². The largest absolute Gasteiger partial charge is 0.507 e. The maximum atomic E-state index is 14.7. The number of halogens is 2. The number of aromatic nitrogens is 1. The van der Waals surface area contributed by atoms with E-state index in [1.54, 1.807) is 9.80 Å². The van der Waals surface area contributed by atoms with E-state index in [9.17, 15) is 19.1 Å². The molecule has 1 atom stereocenters. The number of carbonyl (C=O) groups excluding carboxylic acids is 2. The zero-order valence-electron chi connectivity index (χ0n) is 19.5. The molecule has 11 heteroatoms. The molecule has 1 fully saturated rings. The van der Waals surface area contributed by atoms with E-state index in [1.807, 2.05) is 19.0 Å². The third-order valence-corrected chi connectivity index (χ3v) is 6.28. The van der Waals surface area contributed by atoms with E-state index in [0.29, 0.717) is 13.1 Å². The second kappa shape index (κ2) is 10.1. The third-order valence-electron chi connectivity index (χ3n) is 5.93. The number of ether oxygens (including phenoxy) is 2. The molecule has 35 heavy (non-hydrogen) atoms. The van der Waals surface area contributed by atoms with Crippen LogP contribution in [-0.4, -0.2) is 96.1 Å². The predicted molar refractivity (Wildman–Crippen MR) is 127 cm³/mol. The monoisotopic (exact) mass is 504 g/mol. The van der Waals surface area contributed by atoms with Crippen LogP contribution in [0.1, 0.15) is 10.4 Å². The first-order chi connectivity index (χ1) is 16.7. The second-order valence-corrected chi connectivity index (χ2v) is 8.90. The number of nitrogens with zero attached hydrogens (tertiary/aromatic N) is 4. The summed E-state index contributed by atoms with van der Waals surface area (Å²) in [4.78, 5) is 35.3. The van der Waals surface area contributed by atoms with Crippen LogP contribution < -0.4 is 9.47 Å². The van der Waals surface area contributed by atoms with Gasteiger partial charge in [-0.2, -0.15) is 0 Å². The number of aromatic hydroxyl groups is 1. The molecule has 0 saturated carbocycles. The van der Waals surface area contributed by atoms with Gasteiger partial charge in [-0.05, 0) is 32.3 Å². The molecule has 4 rings (SSSR count). The highest BCUT2D eigenvalue weighted by atomic mass is 35.5. The zero-order chi connectivity index (χ0) is 25.3. The Bertz CT molecular complexity index is 1150. The number of piperazine rings is 1. The fourth-order valence-electron chi connectivity index (χ4n) is 4.10. The Morgan fingerprint density at radius 1 is 1.40 bits per heavy atom. The maximum absolute atomic E-state index is 14.7. The van der Waals surface area contributed by atoms with Gasteiger partial charge in [-0.1, -0.05) is 24.2 Å². The number of hydrogen-bond donors (Lipinski definition) is 1. The Labute approximate surface area is 207 Å². The molecule has 3 heterocycles. The molecule has 2 aliphatic rings. The van der Waals surface area contributed by atoms with E-state index >= 15 is 0 Å². The van der Waals surface area contributed by atoms with Gasteiger partial charge in [0, 0.05) is 26.2 Å². The predicted octanol–water partition coefficient (Wildman–Crippen LogP) is 2.42. The lowest BCUT2D eigenvalue weighted by Gasteiger charge is -2.39. The second-order valence-electron chi connectivity index (χ2n) is 8.52. The van der Waals surface area contributed by atoms with Crippen molar-refractivity contribution in [3.05, 3.63) is 47.3 Å². The molecule has 1 aromatic heterocycles. The van der Waals surface area contributed by atoms with Crippen molar-refractivity contribution in [1.29, 1.82) is 0 Å². The number of phenols is 1. The lowest BCUT2D eigenvalue weighted by molar-refractivity contribution is -0.128. The minimum Gasteiger partial charge on any atom is -0.507 e. The fraction of sp³-hybridized carbons (Fsp3) is 0.375. The number of rotatable bonds is 6. The highest BCUT2D eigenvalue weighted by Gasteiger charge is 2.40. The number of benzene rings is 1. The normalized spacial score (nSPS) is 17.4. The van der Waals surface area contributed by atoms with E-state index < -0.39 is 17.8 Å². The molecule has 0 unspecified atom stereocenters. The molecule has 9 nitrogen and oxygen atoms in total. The van der Waals surface area contributed by atoms with Crippen molar-refractivity contribution in [1.82, 2.24) is 19.7 Å². The van der Waals surface area contributed by atoms with Crippen LogP contribution in [0.4, 0.5) is 4.39 Å². The van der Waals surface area contributed by atoms with Gasteiger partial charge in [0.2, 0.25) is 11.8 Å². The Morgan fingerprint density at radius 3 is 2.86 bits per heavy atom. The standard InChI is InChI=1S/C24H26ClFN4O5/c1-4-17(32)29-8-9-30-14(12-29)13-35-22-19(24(30)33)23(34-11-10-28(2)3)27-21(20(22)25)18-15(26)6-5-7-16(18)31/h4-7,14,31H,1,8-13H2,2-3H3/t14-/m1/s1. The zero-order valence-corrected chi connectivity index (χ0v) is 20.2. The summed E-state index contributed by atoms with van der Waals surface area (Å²) in [5.41, 5.74) is -0.296. The maximum Gasteiger partial charge on any atom is 0.263 e. The number of amides is 2. The van der Waals surface area contributed by atoms with E-state index in [2.05, 4.69) is 11.6 Å². The smallest absolute Gasteiger partial charge is 0.263 e. The van der Waals surface area contributed by atoms with Crippen LogP contribution in [0.25, 0.3) is 11.3 Å². The van der Waals surface area contributed by atoms with Crippen LogP contribution in [0.3, 0.4) is 0 Å². The summed E-state index contributed by atoms with van der Waals surface area (Å²) in [7, 11) is 3.73. The Morgan fingerprint density at radius 2 is 2.17 bits per heavy atom. The van der Waals surface area contributed by atoms with Crippen molar-refractivity contribution in [3.8, 4) is 28.6 Å². The summed E-state index contributed by atoms with van der Waals surface area (Å²) in [6.07, 6.45) is 1.23. The molecule has 2 aliphatic heterocycles. The fourth-order valence-corrected chi connectivity index (χ4v) is 4.39. The number of hydrogen-bond acceptors (Lipinski definition) is 7. The number of phenolic OH excluding ortho intramolecular Hbond substituents is 1. The lowest BCUT2D eigenvalue weighted by Crippen LogP contribution is -2.57. The molecule has 2 aromatic rings. The van der Waals surface area contributed by atoms with Crippen molar-refractivity contribution in [3.63, 3.8) is 0 Å². The minimum absolute atomic E-state index is 0.000157. The molecular formula is C24H26ClFN4O5. The average molecular weight is 505 g/mol. The van der Waals surface area contributed by atoms with Crippen LogP contribution in [0.15, 0.2) is 30.9 Å². The van der Waals surface area contributed by atoms with Crippen molar-refractivity contribution in [2.75, 3.05) is 53.5 Å². The van der Waals surface area contributed by atoms with Crippen molar-refractivity contribution in [2.45, 2.75) is 6.04 Å². The molecule has 0 bridgehead atoms. The molecule has 1 saturated heterocycles. The Kier molecular flexibility index (Phi) is 7.13. The summed E-state index contributed by atoms with van der Waals surface area (Å²) < 4.78 is 26.6. The first-order valence-electron chi connectivity index (χ1n) is 11.1. The summed E-state index contributed by atoms with van der Waals surface area (Å²) in [6, 6.07) is 3.40. The summed E-state index contributed by atoms with van der Waals surface area (Å²) in [5.74, 6) is -1.82. The average Bonchev–Trinajstić information content (AvgIpc) is 2.97. The van der Waals surface area contributed by atoms with Crippen LogP contribution in [0, 0.1) is 5.82 Å². The van der Waals surface area contributed by atoms with Crippen molar-refractivity contribution < 1.29 is 28.6 Å². The van der Waals surface area contributed by atoms with Gasteiger partial charge in [0.15, 0.2) is 5.75 Å². The van der Waals surface area contributed by atoms with Crippen molar-refractivity contribution >= 4 is 23.4 Å². The Balaban J connectivity index is 1.81. The highest BCUT2D eigenvalue weighted by molar-refractivity contribution is 6.35. The highest BCUT2D eigenvalue weighted by Crippen LogP contribution is 2.45. The van der Waals surface area contributed by atoms with Crippen LogP contribution in [0.2, 0.25) is 5.02 Å². The van der Waals surface area contributed by atoms with Gasteiger partial charge in [-0.25, -0.2) is 9.37 Å². The summed E-state index contributed by atoms with van der Waals surface area (Å²) in [6.45, 7) is 5.15. The quantitative estimate of drug-likeness (QED) is 0.604. The molecule has 1 N–H and O–H groups in total. The topological polar surface area (TPSA) is 95.4 Å². The van der Waals surface area contributed by atoms with Crippen LogP contribution in [-0.2, 0) is 4.79 Å². The molecule has 0 aliphatic carbocycles. The number of likely N-dealkylation sites (N-methyl/N-ethyl adjacent to an activating group) is 1. The number of pyridine rings is 1. The van der Waals surface area contributed by atoms with Gasteiger partial charge in [-0.3, -0.25) is 9.59 Å². The molecule has 0 spiro atoms. The van der Waals surface area contributed by atoms with Gasteiger partial charge >= 0.3 is 0 Å². The molecule has 1 aromatic carbocycles. The van der Waals surface area contributed by atoms with E-state index in [4.69, 9.17) is 21.1 Å². The van der Waals surface area contributed by atoms with Crippen molar-refractivity contribution in [2.24, 2.45) is 0 Å². The molecular weight excluding hydrogens is 479 g/mol. The number of fused-ring (bicyclic) bond motifs is 2. The minimum atomic E-state index is -0.741. The van der Waals surface area contributed by atoms with Gasteiger partial charge in [-0.15, -0.1) is 0 Å². The van der Waals surface area contributed by atoms with Gasteiger partial charge in [0.1, 0.15) is 41.1 Å². The molecule has 0 radical (unpaired) electrons. The molecule has 2 amide bonds. The van der Waals surface area contributed by atoms with Crippen LogP contribution >= 0.6 is 11.6 Å². The van der Waals surface area contributed by atoms with E-state index in [0.717, 1.165) is 0 Å². The third kappa shape index (κ3) is 4.76. The number of carbonyl (C=O) groups is 2. The molecule has 186 valence electrons. The Hall–Kier alpha value is -3.37.